The van der Waals surface area contributed by atoms with E-state index in [1.165, 1.54) is 27.6 Å². The fraction of sp³-hybridized carbons (Fsp3) is 0.417. The van der Waals surface area contributed by atoms with E-state index < -0.39 is 11.6 Å². The van der Waals surface area contributed by atoms with Gasteiger partial charge < -0.3 is 15.4 Å². The van der Waals surface area contributed by atoms with Crippen molar-refractivity contribution >= 4 is 39.1 Å². The number of rotatable bonds is 7. The molecule has 2 amide bonds. The van der Waals surface area contributed by atoms with Gasteiger partial charge in [0.15, 0.2) is 0 Å². The molecule has 0 atom stereocenters. The Morgan fingerprint density at radius 2 is 1.82 bits per heavy atom. The molecule has 0 saturated heterocycles. The van der Waals surface area contributed by atoms with Gasteiger partial charge in [-0.1, -0.05) is 12.1 Å². The average Bonchev–Trinajstić information content (AvgIpc) is 3.35. The highest BCUT2D eigenvalue weighted by atomic mass is 32.1. The van der Waals surface area contributed by atoms with Gasteiger partial charge in [-0.3, -0.25) is 23.5 Å². The van der Waals surface area contributed by atoms with Crippen LogP contribution in [0.15, 0.2) is 45.3 Å². The molecule has 1 aliphatic rings. The highest BCUT2D eigenvalue weighted by Gasteiger charge is 2.27. The molecule has 0 aliphatic heterocycles. The zero-order valence-corrected chi connectivity index (χ0v) is 20.0. The summed E-state index contributed by atoms with van der Waals surface area (Å²) in [5.74, 6) is 0.267. The van der Waals surface area contributed by atoms with Crippen molar-refractivity contribution < 1.29 is 14.3 Å². The highest BCUT2D eigenvalue weighted by Crippen LogP contribution is 2.30. The number of hydrogen-bond acceptors (Lipinski definition) is 6. The maximum Gasteiger partial charge on any atom is 0.332 e. The smallest absolute Gasteiger partial charge is 0.332 e. The number of hydrogen-bond donors (Lipinski definition) is 2. The molecular weight excluding hydrogens is 456 g/mol. The number of carbonyl (C=O) groups is 2. The minimum Gasteiger partial charge on any atom is -0.495 e. The molecule has 1 aliphatic carbocycles. The van der Waals surface area contributed by atoms with Crippen molar-refractivity contribution in [3.8, 4) is 5.75 Å². The number of aromatic nitrogens is 2. The maximum absolute atomic E-state index is 13.4. The molecule has 9 nitrogen and oxygen atoms in total. The Morgan fingerprint density at radius 1 is 1.09 bits per heavy atom. The molecule has 4 rings (SSSR count). The van der Waals surface area contributed by atoms with E-state index in [1.807, 2.05) is 0 Å². The summed E-state index contributed by atoms with van der Waals surface area (Å²) in [6, 6.07) is 8.72. The third-order valence-electron chi connectivity index (χ3n) is 6.42. The van der Waals surface area contributed by atoms with Crippen LogP contribution in [-0.4, -0.2) is 35.1 Å². The number of nitrogens with zero attached hydrogens (tertiary/aromatic N) is 2. The Bertz CT molecular complexity index is 1320. The van der Waals surface area contributed by atoms with E-state index in [0.717, 1.165) is 25.7 Å². The highest BCUT2D eigenvalue weighted by molar-refractivity contribution is 7.17. The topological polar surface area (TPSA) is 111 Å². The zero-order chi connectivity index (χ0) is 24.2. The number of benzene rings is 1. The van der Waals surface area contributed by atoms with Crippen molar-refractivity contribution in [3.63, 3.8) is 0 Å². The Morgan fingerprint density at radius 3 is 2.53 bits per heavy atom. The van der Waals surface area contributed by atoms with Crippen molar-refractivity contribution in [1.29, 1.82) is 0 Å². The number of carbonyl (C=O) groups excluding carboxylic acids is 2. The van der Waals surface area contributed by atoms with Gasteiger partial charge in [-0.05, 0) is 55.2 Å². The first-order chi connectivity index (χ1) is 16.4. The number of para-hydroxylation sites is 2. The van der Waals surface area contributed by atoms with E-state index in [4.69, 9.17) is 4.74 Å². The second-order valence-electron chi connectivity index (χ2n) is 8.50. The van der Waals surface area contributed by atoms with E-state index >= 15 is 0 Å². The zero-order valence-electron chi connectivity index (χ0n) is 19.2. The van der Waals surface area contributed by atoms with E-state index in [-0.39, 0.29) is 36.4 Å². The minimum atomic E-state index is -0.500. The largest absolute Gasteiger partial charge is 0.495 e. The van der Waals surface area contributed by atoms with Crippen molar-refractivity contribution in [3.05, 3.63) is 56.5 Å². The SMILES string of the molecule is CNC(=O)C1CCC(Cn2c(=O)c3sccc3n(CC(=O)Nc3ccccc3OC)c2=O)CC1. The third kappa shape index (κ3) is 4.77. The monoisotopic (exact) mass is 484 g/mol. The van der Waals surface area contributed by atoms with Crippen LogP contribution in [-0.2, 0) is 22.7 Å². The molecule has 1 aromatic carbocycles. The summed E-state index contributed by atoms with van der Waals surface area (Å²) in [5, 5.41) is 7.23. The molecule has 34 heavy (non-hydrogen) atoms. The van der Waals surface area contributed by atoms with Crippen LogP contribution in [0.2, 0.25) is 0 Å². The van der Waals surface area contributed by atoms with Crippen LogP contribution in [0.3, 0.4) is 0 Å². The lowest BCUT2D eigenvalue weighted by atomic mass is 9.81. The van der Waals surface area contributed by atoms with Crippen LogP contribution in [0.5, 0.6) is 5.75 Å². The normalized spacial score (nSPS) is 17.9. The van der Waals surface area contributed by atoms with E-state index in [0.29, 0.717) is 21.7 Å². The Hall–Kier alpha value is -3.40. The van der Waals surface area contributed by atoms with Gasteiger partial charge in [-0.2, -0.15) is 0 Å². The molecule has 180 valence electrons. The molecule has 0 unspecified atom stereocenters. The van der Waals surface area contributed by atoms with Gasteiger partial charge >= 0.3 is 5.69 Å². The van der Waals surface area contributed by atoms with Crippen LogP contribution in [0.25, 0.3) is 10.2 Å². The van der Waals surface area contributed by atoms with Gasteiger partial charge in [0.25, 0.3) is 5.56 Å². The predicted molar refractivity (Wildman–Crippen MR) is 131 cm³/mol. The predicted octanol–water partition coefficient (Wildman–Crippen LogP) is 2.42. The molecule has 1 saturated carbocycles. The molecular formula is C24H28N4O5S. The molecule has 10 heteroatoms. The maximum atomic E-state index is 13.4. The number of anilines is 1. The van der Waals surface area contributed by atoms with E-state index in [1.54, 1.807) is 42.8 Å². The van der Waals surface area contributed by atoms with Crippen molar-refractivity contribution in [1.82, 2.24) is 14.5 Å². The fourth-order valence-electron chi connectivity index (χ4n) is 4.60. The third-order valence-corrected chi connectivity index (χ3v) is 7.32. The van der Waals surface area contributed by atoms with Gasteiger partial charge in [0.05, 0.1) is 18.3 Å². The lowest BCUT2D eigenvalue weighted by Crippen LogP contribution is -2.43. The average molecular weight is 485 g/mol. The summed E-state index contributed by atoms with van der Waals surface area (Å²) in [4.78, 5) is 51.2. The molecule has 0 bridgehead atoms. The minimum absolute atomic E-state index is 0.0203. The number of nitrogens with one attached hydrogen (secondary N) is 2. The summed E-state index contributed by atoms with van der Waals surface area (Å²) in [6.45, 7) is 0.0495. The first-order valence-electron chi connectivity index (χ1n) is 11.3. The van der Waals surface area contributed by atoms with Crippen LogP contribution >= 0.6 is 11.3 Å². The number of thiophene rings is 1. The summed E-state index contributed by atoms with van der Waals surface area (Å²) in [5.41, 5.74) is 0.130. The summed E-state index contributed by atoms with van der Waals surface area (Å²) in [7, 11) is 3.15. The summed E-state index contributed by atoms with van der Waals surface area (Å²) >= 11 is 1.26. The molecule has 3 aromatic rings. The number of amides is 2. The number of fused-ring (bicyclic) bond motifs is 1. The first kappa shape index (κ1) is 23.7. The van der Waals surface area contributed by atoms with E-state index in [9.17, 15) is 19.2 Å². The quantitative estimate of drug-likeness (QED) is 0.535. The van der Waals surface area contributed by atoms with Gasteiger partial charge in [-0.15, -0.1) is 11.3 Å². The summed E-state index contributed by atoms with van der Waals surface area (Å²) in [6.07, 6.45) is 2.99. The fourth-order valence-corrected chi connectivity index (χ4v) is 5.44. The number of methoxy groups -OCH3 is 1. The van der Waals surface area contributed by atoms with Crippen LogP contribution < -0.4 is 26.6 Å². The van der Waals surface area contributed by atoms with E-state index in [2.05, 4.69) is 10.6 Å². The van der Waals surface area contributed by atoms with Gasteiger partial charge in [0.1, 0.15) is 17.0 Å². The van der Waals surface area contributed by atoms with Gasteiger partial charge in [0.2, 0.25) is 11.8 Å². The molecule has 2 heterocycles. The Labute approximate surface area is 200 Å². The van der Waals surface area contributed by atoms with Crippen LogP contribution in [0.4, 0.5) is 5.69 Å². The molecule has 2 N–H and O–H groups in total. The van der Waals surface area contributed by atoms with Crippen molar-refractivity contribution in [2.45, 2.75) is 38.8 Å². The van der Waals surface area contributed by atoms with Crippen LogP contribution in [0, 0.1) is 11.8 Å². The van der Waals surface area contributed by atoms with Crippen molar-refractivity contribution in [2.24, 2.45) is 11.8 Å². The lowest BCUT2D eigenvalue weighted by Gasteiger charge is -2.27. The second-order valence-corrected chi connectivity index (χ2v) is 9.42. The van der Waals surface area contributed by atoms with Crippen LogP contribution in [0.1, 0.15) is 25.7 Å². The molecule has 0 spiro atoms. The summed E-state index contributed by atoms with van der Waals surface area (Å²) < 4.78 is 8.33. The van der Waals surface area contributed by atoms with Gasteiger partial charge in [0, 0.05) is 19.5 Å². The lowest BCUT2D eigenvalue weighted by molar-refractivity contribution is -0.125. The standard InChI is InChI=1S/C24H28N4O5S/c1-25-22(30)16-9-7-15(8-10-16)13-28-23(31)21-18(11-12-34-21)27(24(28)32)14-20(29)26-17-5-3-4-6-19(17)33-2/h3-6,11-12,15-16H,7-10,13-14H2,1-2H3,(H,25,30)(H,26,29). The Balaban J connectivity index is 1.58. The molecule has 0 radical (unpaired) electrons. The van der Waals surface area contributed by atoms with Crippen molar-refractivity contribution in [2.75, 3.05) is 19.5 Å². The van der Waals surface area contributed by atoms with Gasteiger partial charge in [-0.25, -0.2) is 4.79 Å². The molecule has 1 fully saturated rings. The second kappa shape index (κ2) is 10.3. The number of ether oxygens (including phenoxy) is 1. The Kier molecular flexibility index (Phi) is 7.16. The molecule has 2 aromatic heterocycles. The first-order valence-corrected chi connectivity index (χ1v) is 12.2.